The molecule has 0 spiro atoms. The molecule has 0 saturated carbocycles. The Morgan fingerprint density at radius 3 is 2.38 bits per heavy atom. The third kappa shape index (κ3) is 4.76. The fourth-order valence-electron chi connectivity index (χ4n) is 2.81. The minimum atomic E-state index is -0.342. The number of nitrogens with zero attached hydrogens (tertiary/aromatic N) is 2. The Kier molecular flexibility index (Phi) is 6.19. The number of halogens is 1. The average molecular weight is 394 g/mol. The number of phenolic OH excluding ortho intramolecular Hbond substituents is 1. The van der Waals surface area contributed by atoms with Crippen molar-refractivity contribution >= 4 is 11.4 Å². The van der Waals surface area contributed by atoms with E-state index in [4.69, 9.17) is 9.57 Å². The van der Waals surface area contributed by atoms with Gasteiger partial charge >= 0.3 is 0 Å². The summed E-state index contributed by atoms with van der Waals surface area (Å²) in [6, 6.07) is 15.8. The number of phenols is 1. The van der Waals surface area contributed by atoms with E-state index in [1.54, 1.807) is 49.4 Å². The van der Waals surface area contributed by atoms with Gasteiger partial charge in [0.15, 0.2) is 11.5 Å². The predicted octanol–water partition coefficient (Wildman–Crippen LogP) is 5.55. The summed E-state index contributed by atoms with van der Waals surface area (Å²) in [6.45, 7) is 1.94. The standard InChI is InChI=1S/C22H19FN2O4/c1-14(25-29-13-15-3-9-18(24-27)10-4-15)19-11-21(26)22(28-2)12-20(19)16-5-7-17(23)8-6-16/h3-12,26H,13H2,1-2H3/b25-14+. The van der Waals surface area contributed by atoms with E-state index in [-0.39, 0.29) is 18.2 Å². The Balaban J connectivity index is 1.88. The molecule has 0 aliphatic heterocycles. The normalized spacial score (nSPS) is 11.2. The molecule has 0 fully saturated rings. The molecule has 0 aromatic heterocycles. The van der Waals surface area contributed by atoms with Crippen molar-refractivity contribution in [1.29, 1.82) is 0 Å². The number of hydrogen-bond acceptors (Lipinski definition) is 6. The molecule has 0 amide bonds. The molecule has 3 rings (SSSR count). The first-order chi connectivity index (χ1) is 14.0. The molecule has 1 N–H and O–H groups in total. The van der Waals surface area contributed by atoms with Gasteiger partial charge < -0.3 is 14.7 Å². The molecule has 0 bridgehead atoms. The first-order valence-electron chi connectivity index (χ1n) is 8.78. The molecule has 6 nitrogen and oxygen atoms in total. The number of oxime groups is 1. The maximum Gasteiger partial charge on any atom is 0.161 e. The van der Waals surface area contributed by atoms with E-state index in [9.17, 15) is 14.4 Å². The van der Waals surface area contributed by atoms with Gasteiger partial charge in [-0.1, -0.05) is 29.4 Å². The Bertz CT molecular complexity index is 1030. The van der Waals surface area contributed by atoms with E-state index in [0.29, 0.717) is 28.3 Å². The third-order valence-corrected chi connectivity index (χ3v) is 4.34. The molecule has 0 radical (unpaired) electrons. The van der Waals surface area contributed by atoms with Gasteiger partial charge in [0, 0.05) is 5.56 Å². The highest BCUT2D eigenvalue weighted by molar-refractivity contribution is 6.05. The second-order valence-corrected chi connectivity index (χ2v) is 6.28. The van der Waals surface area contributed by atoms with Crippen LogP contribution >= 0.6 is 0 Å². The molecule has 0 unspecified atom stereocenters. The smallest absolute Gasteiger partial charge is 0.161 e. The maximum absolute atomic E-state index is 13.3. The highest BCUT2D eigenvalue weighted by Gasteiger charge is 2.14. The molecule has 148 valence electrons. The first kappa shape index (κ1) is 20.0. The van der Waals surface area contributed by atoms with E-state index >= 15 is 0 Å². The average Bonchev–Trinajstić information content (AvgIpc) is 2.74. The summed E-state index contributed by atoms with van der Waals surface area (Å²) in [4.78, 5) is 15.9. The zero-order chi connectivity index (χ0) is 20.8. The number of aromatic hydroxyl groups is 1. The lowest BCUT2D eigenvalue weighted by molar-refractivity contribution is 0.130. The van der Waals surface area contributed by atoms with E-state index in [0.717, 1.165) is 11.1 Å². The lowest BCUT2D eigenvalue weighted by Gasteiger charge is -2.13. The summed E-state index contributed by atoms with van der Waals surface area (Å²) >= 11 is 0. The summed E-state index contributed by atoms with van der Waals surface area (Å²) in [5, 5.41) is 17.2. The summed E-state index contributed by atoms with van der Waals surface area (Å²) < 4.78 is 18.5. The second kappa shape index (κ2) is 8.97. The van der Waals surface area contributed by atoms with E-state index in [2.05, 4.69) is 10.3 Å². The predicted molar refractivity (Wildman–Crippen MR) is 109 cm³/mol. The Morgan fingerprint density at radius 1 is 1.07 bits per heavy atom. The van der Waals surface area contributed by atoms with Crippen LogP contribution < -0.4 is 4.74 Å². The molecule has 0 heterocycles. The lowest BCUT2D eigenvalue weighted by Crippen LogP contribution is -2.01. The molecular weight excluding hydrogens is 375 g/mol. The Hall–Kier alpha value is -3.74. The van der Waals surface area contributed by atoms with Crippen molar-refractivity contribution in [3.63, 3.8) is 0 Å². The van der Waals surface area contributed by atoms with E-state index in [1.165, 1.54) is 25.3 Å². The van der Waals surface area contributed by atoms with Crippen molar-refractivity contribution in [1.82, 2.24) is 0 Å². The van der Waals surface area contributed by atoms with Gasteiger partial charge in [-0.25, -0.2) is 4.39 Å². The zero-order valence-corrected chi connectivity index (χ0v) is 15.9. The van der Waals surface area contributed by atoms with Crippen LogP contribution in [0.4, 0.5) is 10.1 Å². The van der Waals surface area contributed by atoms with Crippen LogP contribution in [0.2, 0.25) is 0 Å². The first-order valence-corrected chi connectivity index (χ1v) is 8.78. The Labute approximate surface area is 167 Å². The number of hydrogen-bond donors (Lipinski definition) is 1. The molecule has 0 aliphatic rings. The SMILES string of the molecule is COc1cc(-c2ccc(F)cc2)c(/C(C)=N/OCc2ccc(N=O)cc2)cc1O. The zero-order valence-electron chi connectivity index (χ0n) is 15.9. The van der Waals surface area contributed by atoms with Crippen molar-refractivity contribution in [2.24, 2.45) is 10.3 Å². The number of benzene rings is 3. The van der Waals surface area contributed by atoms with Gasteiger partial charge in [-0.15, -0.1) is 4.91 Å². The van der Waals surface area contributed by atoms with Gasteiger partial charge in [0.1, 0.15) is 18.1 Å². The van der Waals surface area contributed by atoms with Crippen LogP contribution in [0.5, 0.6) is 11.5 Å². The summed E-state index contributed by atoms with van der Waals surface area (Å²) in [5.74, 6) is -0.0869. The quantitative estimate of drug-likeness (QED) is 0.324. The van der Waals surface area contributed by atoms with Gasteiger partial charge in [0.05, 0.1) is 12.8 Å². The van der Waals surface area contributed by atoms with Crippen LogP contribution in [0.15, 0.2) is 71.0 Å². The van der Waals surface area contributed by atoms with E-state index < -0.39 is 0 Å². The minimum absolute atomic E-state index is 0.0418. The molecule has 0 saturated heterocycles. The fraction of sp³-hybridized carbons (Fsp3) is 0.136. The monoisotopic (exact) mass is 394 g/mol. The van der Waals surface area contributed by atoms with Crippen molar-refractivity contribution in [2.75, 3.05) is 7.11 Å². The topological polar surface area (TPSA) is 80.5 Å². The van der Waals surface area contributed by atoms with Crippen LogP contribution in [-0.4, -0.2) is 17.9 Å². The summed E-state index contributed by atoms with van der Waals surface area (Å²) in [7, 11) is 1.46. The molecular formula is C22H19FN2O4. The van der Waals surface area contributed by atoms with Crippen molar-refractivity contribution < 1.29 is 19.1 Å². The van der Waals surface area contributed by atoms with Crippen LogP contribution in [0.25, 0.3) is 11.1 Å². The van der Waals surface area contributed by atoms with Crippen molar-refractivity contribution in [3.8, 4) is 22.6 Å². The fourth-order valence-corrected chi connectivity index (χ4v) is 2.81. The highest BCUT2D eigenvalue weighted by Crippen LogP contribution is 2.35. The molecule has 0 aliphatic carbocycles. The van der Waals surface area contributed by atoms with E-state index in [1.807, 2.05) is 0 Å². The molecule has 3 aromatic carbocycles. The number of rotatable bonds is 7. The molecule has 29 heavy (non-hydrogen) atoms. The van der Waals surface area contributed by atoms with Crippen molar-refractivity contribution in [3.05, 3.63) is 82.5 Å². The minimum Gasteiger partial charge on any atom is -0.504 e. The van der Waals surface area contributed by atoms with Crippen LogP contribution in [-0.2, 0) is 11.4 Å². The largest absolute Gasteiger partial charge is 0.504 e. The molecule has 7 heteroatoms. The highest BCUT2D eigenvalue weighted by atomic mass is 19.1. The number of ether oxygens (including phenoxy) is 1. The number of nitroso groups, excluding NO2 is 1. The molecule has 0 atom stereocenters. The number of methoxy groups -OCH3 is 1. The summed E-state index contributed by atoms with van der Waals surface area (Å²) in [6.07, 6.45) is 0. The van der Waals surface area contributed by atoms with Gasteiger partial charge in [0.2, 0.25) is 0 Å². The van der Waals surface area contributed by atoms with Crippen LogP contribution in [0, 0.1) is 10.7 Å². The van der Waals surface area contributed by atoms with Gasteiger partial charge in [-0.05, 0) is 65.2 Å². The maximum atomic E-state index is 13.3. The lowest BCUT2D eigenvalue weighted by atomic mass is 9.96. The van der Waals surface area contributed by atoms with Gasteiger partial charge in [0.25, 0.3) is 0 Å². The third-order valence-electron chi connectivity index (χ3n) is 4.34. The van der Waals surface area contributed by atoms with Gasteiger partial charge in [-0.3, -0.25) is 0 Å². The van der Waals surface area contributed by atoms with Gasteiger partial charge in [-0.2, -0.15) is 0 Å². The van der Waals surface area contributed by atoms with Crippen molar-refractivity contribution in [2.45, 2.75) is 13.5 Å². The summed E-state index contributed by atoms with van der Waals surface area (Å²) in [5.41, 5.74) is 3.76. The Morgan fingerprint density at radius 2 is 1.76 bits per heavy atom. The molecule has 3 aromatic rings. The van der Waals surface area contributed by atoms with Crippen LogP contribution in [0.1, 0.15) is 18.1 Å². The van der Waals surface area contributed by atoms with Crippen LogP contribution in [0.3, 0.4) is 0 Å². The second-order valence-electron chi connectivity index (χ2n) is 6.28.